The van der Waals surface area contributed by atoms with Crippen molar-refractivity contribution < 1.29 is 9.59 Å². The number of nitrogens with one attached hydrogen (secondary N) is 3. The number of aromatic nitrogens is 4. The molecule has 3 rings (SSSR count). The van der Waals surface area contributed by atoms with Gasteiger partial charge in [0.25, 0.3) is 5.91 Å². The van der Waals surface area contributed by atoms with Crippen LogP contribution in [0.1, 0.15) is 23.0 Å². The molecule has 28 heavy (non-hydrogen) atoms. The van der Waals surface area contributed by atoms with Crippen LogP contribution in [0.4, 0.5) is 0 Å². The van der Waals surface area contributed by atoms with E-state index in [1.165, 1.54) is 11.8 Å². The van der Waals surface area contributed by atoms with Gasteiger partial charge in [-0.25, -0.2) is 0 Å². The molecule has 0 aliphatic rings. The fourth-order valence-corrected chi connectivity index (χ4v) is 3.71. The van der Waals surface area contributed by atoms with Gasteiger partial charge in [-0.2, -0.15) is 0 Å². The molecule has 2 amide bonds. The van der Waals surface area contributed by atoms with Crippen LogP contribution in [-0.2, 0) is 11.3 Å². The summed E-state index contributed by atoms with van der Waals surface area (Å²) in [4.78, 5) is 26.8. The number of H-pyrrole nitrogens is 1. The number of hydrogen-bond donors (Lipinski definition) is 3. The highest BCUT2D eigenvalue weighted by Gasteiger charge is 2.16. The van der Waals surface area contributed by atoms with Crippen LogP contribution < -0.4 is 10.9 Å². The molecular weight excluding hydrogens is 444 g/mol. The van der Waals surface area contributed by atoms with Gasteiger partial charge >= 0.3 is 0 Å². The molecule has 0 saturated heterocycles. The summed E-state index contributed by atoms with van der Waals surface area (Å²) >= 11 is 4.51. The van der Waals surface area contributed by atoms with E-state index in [4.69, 9.17) is 0 Å². The number of carbonyl (C=O) groups is 2. The van der Waals surface area contributed by atoms with Gasteiger partial charge in [-0.05, 0) is 41.4 Å². The van der Waals surface area contributed by atoms with Gasteiger partial charge < -0.3 is 9.55 Å². The van der Waals surface area contributed by atoms with Crippen molar-refractivity contribution in [1.29, 1.82) is 0 Å². The van der Waals surface area contributed by atoms with Gasteiger partial charge in [0, 0.05) is 22.8 Å². The predicted molar refractivity (Wildman–Crippen MR) is 111 cm³/mol. The van der Waals surface area contributed by atoms with Crippen LogP contribution >= 0.6 is 27.7 Å². The van der Waals surface area contributed by atoms with Crippen molar-refractivity contribution in [2.45, 2.75) is 25.5 Å². The lowest BCUT2D eigenvalue weighted by atomic mass is 10.1. The summed E-state index contributed by atoms with van der Waals surface area (Å²) < 4.78 is 2.72. The maximum atomic E-state index is 12.1. The Balaban J connectivity index is 1.59. The molecule has 0 unspecified atom stereocenters. The number of thioether (sulfide) groups is 1. The lowest BCUT2D eigenvalue weighted by Crippen LogP contribution is -2.42. The van der Waals surface area contributed by atoms with E-state index in [0.717, 1.165) is 21.4 Å². The highest BCUT2D eigenvalue weighted by molar-refractivity contribution is 9.10. The van der Waals surface area contributed by atoms with Crippen LogP contribution in [0.2, 0.25) is 0 Å². The van der Waals surface area contributed by atoms with E-state index >= 15 is 0 Å². The Kier molecular flexibility index (Phi) is 6.53. The first-order valence-corrected chi connectivity index (χ1v) is 10.3. The number of rotatable bonds is 6. The molecule has 0 saturated carbocycles. The number of nitrogens with zero attached hydrogens (tertiary/aromatic N) is 3. The number of halogens is 1. The van der Waals surface area contributed by atoms with Crippen LogP contribution in [-0.4, -0.2) is 37.3 Å². The molecular formula is C18H19BrN6O2S. The van der Waals surface area contributed by atoms with Crippen molar-refractivity contribution in [2.75, 3.05) is 5.75 Å². The highest BCUT2D eigenvalue weighted by Crippen LogP contribution is 2.26. The van der Waals surface area contributed by atoms with Crippen LogP contribution in [0.15, 0.2) is 46.2 Å². The second kappa shape index (κ2) is 9.07. The Bertz CT molecular complexity index is 1000. The second-order valence-corrected chi connectivity index (χ2v) is 7.75. The Labute approximate surface area is 174 Å². The predicted octanol–water partition coefficient (Wildman–Crippen LogP) is 2.92. The molecule has 8 nitrogen and oxygen atoms in total. The summed E-state index contributed by atoms with van der Waals surface area (Å²) in [6.45, 7) is 4.71. The SMILES string of the molecule is CCn1c(SCC(=O)NNC(=O)c2cc(Br)c[nH]2)nnc1-c1ccccc1C. The Morgan fingerprint density at radius 2 is 2.04 bits per heavy atom. The van der Waals surface area contributed by atoms with Crippen LogP contribution in [0.25, 0.3) is 11.4 Å². The van der Waals surface area contributed by atoms with Gasteiger partial charge in [-0.15, -0.1) is 10.2 Å². The number of hydrogen-bond acceptors (Lipinski definition) is 5. The van der Waals surface area contributed by atoms with Crippen LogP contribution in [0, 0.1) is 6.92 Å². The van der Waals surface area contributed by atoms with Crippen molar-refractivity contribution in [2.24, 2.45) is 0 Å². The van der Waals surface area contributed by atoms with Crippen molar-refractivity contribution in [1.82, 2.24) is 30.6 Å². The molecule has 2 heterocycles. The third kappa shape index (κ3) is 4.63. The fourth-order valence-electron chi connectivity index (χ4n) is 2.56. The van der Waals surface area contributed by atoms with E-state index in [9.17, 15) is 9.59 Å². The van der Waals surface area contributed by atoms with E-state index in [1.54, 1.807) is 12.3 Å². The number of carbonyl (C=O) groups excluding carboxylic acids is 2. The molecule has 10 heteroatoms. The molecule has 0 fully saturated rings. The van der Waals surface area contributed by atoms with E-state index in [2.05, 4.69) is 42.0 Å². The fraction of sp³-hybridized carbons (Fsp3) is 0.222. The van der Waals surface area contributed by atoms with E-state index in [0.29, 0.717) is 17.4 Å². The van der Waals surface area contributed by atoms with Gasteiger partial charge in [0.2, 0.25) is 5.91 Å². The second-order valence-electron chi connectivity index (χ2n) is 5.89. The lowest BCUT2D eigenvalue weighted by Gasteiger charge is -2.09. The summed E-state index contributed by atoms with van der Waals surface area (Å²) in [5.41, 5.74) is 7.22. The van der Waals surface area contributed by atoms with Gasteiger partial charge in [-0.3, -0.25) is 20.4 Å². The monoisotopic (exact) mass is 462 g/mol. The standard InChI is InChI=1S/C18H19BrN6O2S/c1-3-25-16(13-7-5-4-6-11(13)2)22-24-18(25)28-10-15(26)21-23-17(27)14-8-12(19)9-20-14/h4-9,20H,3,10H2,1-2H3,(H,21,26)(H,23,27). The molecule has 1 aromatic carbocycles. The average Bonchev–Trinajstić information content (AvgIpc) is 3.30. The summed E-state index contributed by atoms with van der Waals surface area (Å²) in [6.07, 6.45) is 1.64. The molecule has 0 spiro atoms. The molecule has 146 valence electrons. The minimum Gasteiger partial charge on any atom is -0.356 e. The number of hydrazine groups is 1. The highest BCUT2D eigenvalue weighted by atomic mass is 79.9. The third-order valence-corrected chi connectivity index (χ3v) is 5.38. The van der Waals surface area contributed by atoms with Crippen LogP contribution in [0.5, 0.6) is 0 Å². The normalized spacial score (nSPS) is 10.7. The third-order valence-electron chi connectivity index (χ3n) is 3.96. The molecule has 0 radical (unpaired) electrons. The maximum Gasteiger partial charge on any atom is 0.286 e. The molecule has 0 atom stereocenters. The summed E-state index contributed by atoms with van der Waals surface area (Å²) in [7, 11) is 0. The molecule has 0 aliphatic heterocycles. The topological polar surface area (TPSA) is 105 Å². The number of amides is 2. The molecule has 0 aliphatic carbocycles. The number of aryl methyl sites for hydroxylation is 1. The zero-order valence-corrected chi connectivity index (χ0v) is 17.7. The van der Waals surface area contributed by atoms with E-state index in [1.807, 2.05) is 42.7 Å². The first kappa shape index (κ1) is 20.2. The summed E-state index contributed by atoms with van der Waals surface area (Å²) in [5.74, 6) is 0.101. The minimum atomic E-state index is -0.428. The zero-order valence-electron chi connectivity index (χ0n) is 15.3. The van der Waals surface area contributed by atoms with Crippen molar-refractivity contribution >= 4 is 39.5 Å². The quantitative estimate of drug-likeness (QED) is 0.385. The summed E-state index contributed by atoms with van der Waals surface area (Å²) in [6, 6.07) is 9.58. The van der Waals surface area contributed by atoms with Gasteiger partial charge in [0.1, 0.15) is 5.69 Å². The minimum absolute atomic E-state index is 0.0978. The molecule has 2 aromatic heterocycles. The van der Waals surface area contributed by atoms with E-state index in [-0.39, 0.29) is 11.7 Å². The summed E-state index contributed by atoms with van der Waals surface area (Å²) in [5, 5.41) is 9.16. The van der Waals surface area contributed by atoms with Gasteiger partial charge in [0.05, 0.1) is 5.75 Å². The van der Waals surface area contributed by atoms with E-state index < -0.39 is 5.91 Å². The molecule has 3 aromatic rings. The Morgan fingerprint density at radius 1 is 1.25 bits per heavy atom. The van der Waals surface area contributed by atoms with Crippen LogP contribution in [0.3, 0.4) is 0 Å². The average molecular weight is 463 g/mol. The van der Waals surface area contributed by atoms with Gasteiger partial charge in [-0.1, -0.05) is 36.0 Å². The zero-order chi connectivity index (χ0) is 20.1. The van der Waals surface area contributed by atoms with Crippen molar-refractivity contribution in [3.05, 3.63) is 52.3 Å². The Hall–Kier alpha value is -2.59. The molecule has 0 bridgehead atoms. The number of aromatic amines is 1. The van der Waals surface area contributed by atoms with Crippen molar-refractivity contribution in [3.63, 3.8) is 0 Å². The molecule has 3 N–H and O–H groups in total. The first-order valence-electron chi connectivity index (χ1n) is 8.54. The lowest BCUT2D eigenvalue weighted by molar-refractivity contribution is -0.119. The smallest absolute Gasteiger partial charge is 0.286 e. The van der Waals surface area contributed by atoms with Gasteiger partial charge in [0.15, 0.2) is 11.0 Å². The van der Waals surface area contributed by atoms with Crippen molar-refractivity contribution in [3.8, 4) is 11.4 Å². The Morgan fingerprint density at radius 3 is 2.71 bits per heavy atom. The largest absolute Gasteiger partial charge is 0.356 e. The first-order chi connectivity index (χ1) is 13.5. The maximum absolute atomic E-state index is 12.1. The number of benzene rings is 1.